The van der Waals surface area contributed by atoms with Gasteiger partial charge >= 0.3 is 11.7 Å². The Morgan fingerprint density at radius 1 is 1.21 bits per heavy atom. The summed E-state index contributed by atoms with van der Waals surface area (Å²) >= 11 is 0. The van der Waals surface area contributed by atoms with Crippen LogP contribution in [-0.2, 0) is 28.2 Å². The summed E-state index contributed by atoms with van der Waals surface area (Å²) < 4.78 is 30.8. The van der Waals surface area contributed by atoms with Gasteiger partial charge in [0.05, 0.1) is 25.9 Å². The molecule has 1 saturated heterocycles. The summed E-state index contributed by atoms with van der Waals surface area (Å²) in [6.07, 6.45) is -0.592. The van der Waals surface area contributed by atoms with Gasteiger partial charge in [0.25, 0.3) is 5.56 Å². The topological polar surface area (TPSA) is 118 Å². The molecule has 1 aliphatic heterocycles. The number of hydrogen-bond acceptors (Lipinski definition) is 8. The Bertz CT molecular complexity index is 936. The molecule has 194 valence electrons. The predicted molar refractivity (Wildman–Crippen MR) is 130 cm³/mol. The molecular weight excluding hydrogens is 460 g/mol. The van der Waals surface area contributed by atoms with E-state index in [0.29, 0.717) is 25.2 Å². The Kier molecular flexibility index (Phi) is 9.84. The molecule has 0 bridgehead atoms. The van der Waals surface area contributed by atoms with Crippen molar-refractivity contribution in [2.45, 2.75) is 90.1 Å². The summed E-state index contributed by atoms with van der Waals surface area (Å²) in [6, 6.07) is 0. The van der Waals surface area contributed by atoms with Crippen LogP contribution in [0.1, 0.15) is 52.3 Å². The molecule has 0 spiro atoms. The van der Waals surface area contributed by atoms with E-state index in [0.717, 1.165) is 0 Å². The van der Waals surface area contributed by atoms with Crippen molar-refractivity contribution in [1.82, 2.24) is 9.55 Å². The monoisotopic (exact) mass is 500 g/mol. The molecule has 0 amide bonds. The first-order valence-electron chi connectivity index (χ1n) is 11.7. The molecule has 2 heterocycles. The van der Waals surface area contributed by atoms with Crippen LogP contribution in [-0.4, -0.2) is 69.1 Å². The lowest BCUT2D eigenvalue weighted by Gasteiger charge is -2.40. The van der Waals surface area contributed by atoms with Crippen LogP contribution in [0, 0.1) is 6.92 Å². The third-order valence-corrected chi connectivity index (χ3v) is 11.0. The molecule has 10 nitrogen and oxygen atoms in total. The average molecular weight is 501 g/mol. The van der Waals surface area contributed by atoms with Gasteiger partial charge in [0, 0.05) is 25.3 Å². The van der Waals surface area contributed by atoms with Crippen molar-refractivity contribution in [3.8, 4) is 0 Å². The molecule has 4 atom stereocenters. The molecule has 1 aromatic rings. The van der Waals surface area contributed by atoms with E-state index in [1.54, 1.807) is 21.0 Å². The first kappa shape index (κ1) is 28.4. The third-order valence-electron chi connectivity index (χ3n) is 6.48. The Morgan fingerprint density at radius 3 is 2.47 bits per heavy atom. The molecule has 1 N–H and O–H groups in total. The van der Waals surface area contributed by atoms with Crippen LogP contribution in [0.25, 0.3) is 0 Å². The Labute approximate surface area is 202 Å². The normalized spacial score (nSPS) is 23.3. The van der Waals surface area contributed by atoms with E-state index in [1.165, 1.54) is 10.8 Å². The van der Waals surface area contributed by atoms with Crippen molar-refractivity contribution in [2.24, 2.45) is 0 Å². The smallest absolute Gasteiger partial charge is 0.330 e. The number of aromatic amines is 1. The van der Waals surface area contributed by atoms with Crippen molar-refractivity contribution in [3.63, 3.8) is 0 Å². The lowest BCUT2D eigenvalue weighted by molar-refractivity contribution is -0.144. The minimum atomic E-state index is -2.29. The molecule has 34 heavy (non-hydrogen) atoms. The molecule has 0 saturated carbocycles. The van der Waals surface area contributed by atoms with Crippen molar-refractivity contribution in [2.75, 3.05) is 26.9 Å². The molecule has 1 aromatic heterocycles. The van der Waals surface area contributed by atoms with E-state index in [4.69, 9.17) is 23.4 Å². The minimum Gasteiger partial charge on any atom is -0.466 e. The maximum absolute atomic E-state index is 12.7. The molecule has 11 heteroatoms. The summed E-state index contributed by atoms with van der Waals surface area (Å²) in [5.74, 6) is -0.325. The van der Waals surface area contributed by atoms with E-state index < -0.39 is 44.1 Å². The number of nitrogens with one attached hydrogen (secondary N) is 1. The number of esters is 1. The van der Waals surface area contributed by atoms with E-state index in [1.807, 2.05) is 0 Å². The van der Waals surface area contributed by atoms with Crippen LogP contribution in [0.15, 0.2) is 15.8 Å². The standard InChI is InChI=1S/C23H40N2O8Si/c1-9-30-17(26)11-10-16-18(33-34(7,8)23(3,4)5)19(31-13-12-29-6)21(32-16)25-14-15(2)20(27)24-22(25)28/h14,16,18-19,21H,9-13H2,1-8H3,(H,24,27,28). The largest absolute Gasteiger partial charge is 0.466 e. The number of carbonyl (C=O) groups excluding carboxylic acids is 1. The number of methoxy groups -OCH3 is 1. The predicted octanol–water partition coefficient (Wildman–Crippen LogP) is 2.51. The SMILES string of the molecule is CCOC(=O)CCC1OC(n2cc(C)c(=O)[nH]c2=O)C(OCCOC)C1O[Si](C)(C)C(C)(C)C. The van der Waals surface area contributed by atoms with Crippen molar-refractivity contribution >= 4 is 14.3 Å². The van der Waals surface area contributed by atoms with Crippen molar-refractivity contribution < 1.29 is 28.2 Å². The fourth-order valence-electron chi connectivity index (χ4n) is 3.54. The van der Waals surface area contributed by atoms with Gasteiger partial charge in [0.15, 0.2) is 14.5 Å². The van der Waals surface area contributed by atoms with Gasteiger partial charge in [0.1, 0.15) is 12.2 Å². The molecular formula is C23H40N2O8Si. The number of carbonyl (C=O) groups is 1. The molecule has 0 aliphatic carbocycles. The second kappa shape index (κ2) is 11.8. The van der Waals surface area contributed by atoms with Crippen LogP contribution in [0.2, 0.25) is 18.1 Å². The van der Waals surface area contributed by atoms with Gasteiger partial charge in [-0.1, -0.05) is 20.8 Å². The highest BCUT2D eigenvalue weighted by Gasteiger charge is 2.51. The van der Waals surface area contributed by atoms with Gasteiger partial charge in [-0.25, -0.2) is 4.79 Å². The number of aryl methyl sites for hydroxylation is 1. The minimum absolute atomic E-state index is 0.0841. The van der Waals surface area contributed by atoms with Crippen LogP contribution in [0.5, 0.6) is 0 Å². The molecule has 0 aromatic carbocycles. The Morgan fingerprint density at radius 2 is 1.88 bits per heavy atom. The van der Waals surface area contributed by atoms with E-state index in [9.17, 15) is 14.4 Å². The maximum atomic E-state index is 12.7. The molecule has 1 fully saturated rings. The summed E-state index contributed by atoms with van der Waals surface area (Å²) in [6.45, 7) is 15.0. The zero-order valence-corrected chi connectivity index (χ0v) is 22.6. The maximum Gasteiger partial charge on any atom is 0.330 e. The second-order valence-electron chi connectivity index (χ2n) is 10.1. The van der Waals surface area contributed by atoms with Crippen LogP contribution < -0.4 is 11.2 Å². The van der Waals surface area contributed by atoms with Crippen LogP contribution in [0.3, 0.4) is 0 Å². The molecule has 4 unspecified atom stereocenters. The highest BCUT2D eigenvalue weighted by atomic mass is 28.4. The molecule has 2 rings (SSSR count). The number of ether oxygens (including phenoxy) is 4. The third kappa shape index (κ3) is 6.88. The summed E-state index contributed by atoms with van der Waals surface area (Å²) in [7, 11) is -0.712. The summed E-state index contributed by atoms with van der Waals surface area (Å²) in [5.41, 5.74) is -0.683. The number of aromatic nitrogens is 2. The van der Waals surface area contributed by atoms with Crippen molar-refractivity contribution in [1.29, 1.82) is 0 Å². The number of rotatable bonds is 11. The highest BCUT2D eigenvalue weighted by Crippen LogP contribution is 2.42. The van der Waals surface area contributed by atoms with Gasteiger partial charge in [-0.3, -0.25) is 19.1 Å². The Hall–Kier alpha value is -1.79. The zero-order chi connectivity index (χ0) is 25.7. The van der Waals surface area contributed by atoms with Gasteiger partial charge in [-0.2, -0.15) is 0 Å². The molecule has 1 aliphatic rings. The zero-order valence-electron chi connectivity index (χ0n) is 21.6. The van der Waals surface area contributed by atoms with E-state index in [-0.39, 0.29) is 24.0 Å². The first-order chi connectivity index (χ1) is 15.8. The van der Waals surface area contributed by atoms with Crippen LogP contribution >= 0.6 is 0 Å². The van der Waals surface area contributed by atoms with Gasteiger partial charge < -0.3 is 23.4 Å². The summed E-state index contributed by atoms with van der Waals surface area (Å²) in [4.78, 5) is 39.0. The van der Waals surface area contributed by atoms with E-state index in [2.05, 4.69) is 38.8 Å². The number of nitrogens with zero attached hydrogens (tertiary/aromatic N) is 1. The van der Waals surface area contributed by atoms with Crippen molar-refractivity contribution in [3.05, 3.63) is 32.6 Å². The highest BCUT2D eigenvalue weighted by molar-refractivity contribution is 6.74. The van der Waals surface area contributed by atoms with Gasteiger partial charge in [-0.05, 0) is 38.4 Å². The van der Waals surface area contributed by atoms with Gasteiger partial charge in [0.2, 0.25) is 0 Å². The second-order valence-corrected chi connectivity index (χ2v) is 14.8. The quantitative estimate of drug-likeness (QED) is 0.280. The fourth-order valence-corrected chi connectivity index (χ4v) is 4.86. The van der Waals surface area contributed by atoms with Crippen LogP contribution in [0.4, 0.5) is 0 Å². The fraction of sp³-hybridized carbons (Fsp3) is 0.783. The molecule has 0 radical (unpaired) electrons. The average Bonchev–Trinajstić information content (AvgIpc) is 3.05. The lowest BCUT2D eigenvalue weighted by Crippen LogP contribution is -2.50. The summed E-state index contributed by atoms with van der Waals surface area (Å²) in [5, 5.41) is -0.0841. The number of H-pyrrole nitrogens is 1. The van der Waals surface area contributed by atoms with E-state index >= 15 is 0 Å². The Balaban J connectivity index is 2.48. The van der Waals surface area contributed by atoms with Gasteiger partial charge in [-0.15, -0.1) is 0 Å². The number of hydrogen-bond donors (Lipinski definition) is 1. The first-order valence-corrected chi connectivity index (χ1v) is 14.6. The lowest BCUT2D eigenvalue weighted by atomic mass is 10.1.